The zero-order valence-corrected chi connectivity index (χ0v) is 10.9. The van der Waals surface area contributed by atoms with E-state index in [-0.39, 0.29) is 0 Å². The quantitative estimate of drug-likeness (QED) is 0.862. The first-order valence-electron chi connectivity index (χ1n) is 6.02. The van der Waals surface area contributed by atoms with E-state index in [1.165, 1.54) is 5.69 Å². The van der Waals surface area contributed by atoms with Gasteiger partial charge >= 0.3 is 0 Å². The summed E-state index contributed by atoms with van der Waals surface area (Å²) in [6.07, 6.45) is 3.79. The molecule has 0 amide bonds. The van der Waals surface area contributed by atoms with E-state index < -0.39 is 5.60 Å². The molecule has 0 spiro atoms. The van der Waals surface area contributed by atoms with Gasteiger partial charge in [-0.2, -0.15) is 0 Å². The van der Waals surface area contributed by atoms with E-state index in [4.69, 9.17) is 0 Å². The van der Waals surface area contributed by atoms with Crippen molar-refractivity contribution in [1.29, 1.82) is 0 Å². The molecule has 1 unspecified atom stereocenters. The van der Waals surface area contributed by atoms with E-state index >= 15 is 0 Å². The maximum absolute atomic E-state index is 10.0. The highest BCUT2D eigenvalue weighted by atomic mass is 32.1. The van der Waals surface area contributed by atoms with E-state index in [0.717, 1.165) is 43.9 Å². The Bertz CT molecular complexity index is 349. The highest BCUT2D eigenvalue weighted by molar-refractivity contribution is 7.13. The number of hydrogen-bond acceptors (Lipinski definition) is 4. The van der Waals surface area contributed by atoms with E-state index in [2.05, 4.69) is 22.2 Å². The van der Waals surface area contributed by atoms with Crippen molar-refractivity contribution < 1.29 is 5.11 Å². The molecule has 2 rings (SSSR count). The minimum Gasteiger partial charge on any atom is -0.390 e. The van der Waals surface area contributed by atoms with Gasteiger partial charge in [0.15, 0.2) is 5.13 Å². The molecule has 1 N–H and O–H groups in total. The molecule has 1 aliphatic rings. The number of aliphatic hydroxyl groups is 1. The van der Waals surface area contributed by atoms with Gasteiger partial charge in [-0.05, 0) is 32.6 Å². The summed E-state index contributed by atoms with van der Waals surface area (Å²) in [5, 5.41) is 13.3. The van der Waals surface area contributed by atoms with E-state index in [9.17, 15) is 5.11 Å². The van der Waals surface area contributed by atoms with Crippen molar-refractivity contribution in [2.75, 3.05) is 18.0 Å². The number of anilines is 1. The van der Waals surface area contributed by atoms with Gasteiger partial charge in [-0.1, -0.05) is 6.92 Å². The maximum atomic E-state index is 10.0. The second-order valence-electron chi connectivity index (χ2n) is 4.81. The number of aromatic nitrogens is 1. The zero-order valence-electron chi connectivity index (χ0n) is 10.1. The second kappa shape index (κ2) is 4.72. The molecule has 0 aliphatic carbocycles. The zero-order chi connectivity index (χ0) is 11.6. The van der Waals surface area contributed by atoms with Crippen molar-refractivity contribution in [2.45, 2.75) is 45.1 Å². The average molecular weight is 240 g/mol. The Morgan fingerprint density at radius 1 is 1.50 bits per heavy atom. The summed E-state index contributed by atoms with van der Waals surface area (Å²) < 4.78 is 0. The van der Waals surface area contributed by atoms with Crippen molar-refractivity contribution >= 4 is 16.5 Å². The first-order chi connectivity index (χ1) is 7.61. The molecule has 0 radical (unpaired) electrons. The van der Waals surface area contributed by atoms with Crippen molar-refractivity contribution in [3.63, 3.8) is 0 Å². The van der Waals surface area contributed by atoms with Gasteiger partial charge in [0.05, 0.1) is 11.3 Å². The molecule has 3 nitrogen and oxygen atoms in total. The van der Waals surface area contributed by atoms with Crippen LogP contribution in [0.15, 0.2) is 5.38 Å². The molecule has 90 valence electrons. The monoisotopic (exact) mass is 240 g/mol. The Kier molecular flexibility index (Phi) is 3.50. The Morgan fingerprint density at radius 3 is 3.00 bits per heavy atom. The molecule has 1 aromatic rings. The fourth-order valence-electron chi connectivity index (χ4n) is 2.06. The Balaban J connectivity index is 2.04. The molecule has 4 heteroatoms. The Labute approximate surface area is 101 Å². The minimum atomic E-state index is -0.487. The summed E-state index contributed by atoms with van der Waals surface area (Å²) in [6, 6.07) is 0. The van der Waals surface area contributed by atoms with Crippen LogP contribution in [-0.2, 0) is 6.42 Å². The van der Waals surface area contributed by atoms with Crippen molar-refractivity contribution in [3.8, 4) is 0 Å². The SMILES string of the molecule is CCc1csc(N2CCCC(C)(O)CC2)n1. The molecule has 1 atom stereocenters. The molecular formula is C12H20N2OS. The predicted molar refractivity (Wildman–Crippen MR) is 68.2 cm³/mol. The van der Waals surface area contributed by atoms with E-state index in [1.54, 1.807) is 11.3 Å². The molecule has 16 heavy (non-hydrogen) atoms. The lowest BCUT2D eigenvalue weighted by Gasteiger charge is -2.21. The van der Waals surface area contributed by atoms with Gasteiger partial charge in [-0.15, -0.1) is 11.3 Å². The van der Waals surface area contributed by atoms with Crippen LogP contribution in [0.4, 0.5) is 5.13 Å². The molecule has 1 aliphatic heterocycles. The lowest BCUT2D eigenvalue weighted by atomic mass is 9.98. The predicted octanol–water partition coefficient (Wildman–Crippen LogP) is 2.45. The van der Waals surface area contributed by atoms with Crippen LogP contribution >= 0.6 is 11.3 Å². The van der Waals surface area contributed by atoms with Crippen LogP contribution in [0.2, 0.25) is 0 Å². The van der Waals surface area contributed by atoms with Gasteiger partial charge in [-0.3, -0.25) is 0 Å². The van der Waals surface area contributed by atoms with Crippen LogP contribution in [0, 0.1) is 0 Å². The molecule has 2 heterocycles. The van der Waals surface area contributed by atoms with Crippen LogP contribution in [-0.4, -0.2) is 28.8 Å². The van der Waals surface area contributed by atoms with Gasteiger partial charge in [-0.25, -0.2) is 4.98 Å². The molecule has 1 fully saturated rings. The van der Waals surface area contributed by atoms with Crippen molar-refractivity contribution in [1.82, 2.24) is 4.98 Å². The Hall–Kier alpha value is -0.610. The highest BCUT2D eigenvalue weighted by Crippen LogP contribution is 2.27. The molecule has 0 bridgehead atoms. The van der Waals surface area contributed by atoms with Crippen molar-refractivity contribution in [3.05, 3.63) is 11.1 Å². The minimum absolute atomic E-state index is 0.487. The molecule has 0 aromatic carbocycles. The van der Waals surface area contributed by atoms with Crippen LogP contribution in [0.25, 0.3) is 0 Å². The van der Waals surface area contributed by atoms with Crippen molar-refractivity contribution in [2.24, 2.45) is 0 Å². The fourth-order valence-corrected chi connectivity index (χ4v) is 3.02. The normalized spacial score (nSPS) is 26.8. The van der Waals surface area contributed by atoms with Gasteiger partial charge < -0.3 is 10.0 Å². The molecule has 0 saturated carbocycles. The van der Waals surface area contributed by atoms with Gasteiger partial charge in [0, 0.05) is 18.5 Å². The van der Waals surface area contributed by atoms with Crippen LogP contribution in [0.5, 0.6) is 0 Å². The van der Waals surface area contributed by atoms with E-state index in [1.807, 2.05) is 6.92 Å². The number of aryl methyl sites for hydroxylation is 1. The highest BCUT2D eigenvalue weighted by Gasteiger charge is 2.25. The smallest absolute Gasteiger partial charge is 0.185 e. The van der Waals surface area contributed by atoms with Crippen LogP contribution < -0.4 is 4.90 Å². The number of thiazole rings is 1. The number of hydrogen-bond donors (Lipinski definition) is 1. The fraction of sp³-hybridized carbons (Fsp3) is 0.750. The summed E-state index contributed by atoms with van der Waals surface area (Å²) in [6.45, 7) is 6.01. The third-order valence-electron chi connectivity index (χ3n) is 3.24. The summed E-state index contributed by atoms with van der Waals surface area (Å²) in [5.74, 6) is 0. The number of rotatable bonds is 2. The molecule has 1 saturated heterocycles. The molecule has 1 aromatic heterocycles. The summed E-state index contributed by atoms with van der Waals surface area (Å²) >= 11 is 1.72. The van der Waals surface area contributed by atoms with E-state index in [0.29, 0.717) is 0 Å². The third kappa shape index (κ3) is 2.74. The second-order valence-corrected chi connectivity index (χ2v) is 5.65. The lowest BCUT2D eigenvalue weighted by Crippen LogP contribution is -2.28. The standard InChI is InChI=1S/C12H20N2OS/c1-3-10-9-16-11(13-10)14-7-4-5-12(2,15)6-8-14/h9,15H,3-8H2,1-2H3. The molecular weight excluding hydrogens is 220 g/mol. The topological polar surface area (TPSA) is 36.4 Å². The average Bonchev–Trinajstić information content (AvgIpc) is 2.64. The summed E-state index contributed by atoms with van der Waals surface area (Å²) in [7, 11) is 0. The first kappa shape index (κ1) is 11.9. The van der Waals surface area contributed by atoms with Crippen LogP contribution in [0.3, 0.4) is 0 Å². The first-order valence-corrected chi connectivity index (χ1v) is 6.90. The van der Waals surface area contributed by atoms with Gasteiger partial charge in [0.25, 0.3) is 0 Å². The van der Waals surface area contributed by atoms with Gasteiger partial charge in [0.2, 0.25) is 0 Å². The summed E-state index contributed by atoms with van der Waals surface area (Å²) in [5.41, 5.74) is 0.690. The number of nitrogens with zero attached hydrogens (tertiary/aromatic N) is 2. The summed E-state index contributed by atoms with van der Waals surface area (Å²) in [4.78, 5) is 6.92. The largest absolute Gasteiger partial charge is 0.390 e. The van der Waals surface area contributed by atoms with Crippen LogP contribution in [0.1, 0.15) is 38.8 Å². The van der Waals surface area contributed by atoms with Gasteiger partial charge in [0.1, 0.15) is 0 Å². The Morgan fingerprint density at radius 2 is 2.31 bits per heavy atom. The lowest BCUT2D eigenvalue weighted by molar-refractivity contribution is 0.0481. The third-order valence-corrected chi connectivity index (χ3v) is 4.19. The maximum Gasteiger partial charge on any atom is 0.185 e.